The van der Waals surface area contributed by atoms with E-state index >= 15 is 0 Å². The van der Waals surface area contributed by atoms with Crippen LogP contribution in [0.15, 0.2) is 36.4 Å². The number of amides is 1. The van der Waals surface area contributed by atoms with Gasteiger partial charge in [-0.25, -0.2) is 13.6 Å². The quantitative estimate of drug-likeness (QED) is 0.847. The fourth-order valence-electron chi connectivity index (χ4n) is 3.06. The zero-order valence-corrected chi connectivity index (χ0v) is 15.1. The Labute approximate surface area is 151 Å². The molecule has 0 aliphatic rings. The lowest BCUT2D eigenvalue weighted by molar-refractivity contribution is 0.0642. The molecule has 138 valence electrons. The van der Waals surface area contributed by atoms with Gasteiger partial charge in [-0.3, -0.25) is 4.79 Å². The molecule has 0 bridgehead atoms. The number of rotatable bonds is 5. The Balaban J connectivity index is 2.61. The summed E-state index contributed by atoms with van der Waals surface area (Å²) in [5.41, 5.74) is -0.250. The summed E-state index contributed by atoms with van der Waals surface area (Å²) in [4.78, 5) is 25.7. The van der Waals surface area contributed by atoms with Crippen molar-refractivity contribution >= 4 is 11.9 Å². The molecule has 26 heavy (non-hydrogen) atoms. The van der Waals surface area contributed by atoms with E-state index in [2.05, 4.69) is 0 Å². The number of carboxylic acid groups (broad SMARTS) is 1. The number of hydrogen-bond acceptors (Lipinski definition) is 2. The van der Waals surface area contributed by atoms with E-state index in [1.54, 1.807) is 29.2 Å². The average Bonchev–Trinajstić information content (AvgIpc) is 2.53. The van der Waals surface area contributed by atoms with E-state index in [4.69, 9.17) is 5.11 Å². The molecule has 0 saturated carbocycles. The fourth-order valence-corrected chi connectivity index (χ4v) is 3.06. The molecule has 0 unspecified atom stereocenters. The summed E-state index contributed by atoms with van der Waals surface area (Å²) >= 11 is 0. The highest BCUT2D eigenvalue weighted by Crippen LogP contribution is 2.29. The van der Waals surface area contributed by atoms with Crippen LogP contribution in [0.3, 0.4) is 0 Å². The summed E-state index contributed by atoms with van der Waals surface area (Å²) in [6, 6.07) is 8.27. The third-order valence-electron chi connectivity index (χ3n) is 4.07. The molecule has 0 aliphatic heterocycles. The first-order valence-corrected chi connectivity index (χ1v) is 8.29. The van der Waals surface area contributed by atoms with E-state index in [-0.39, 0.29) is 23.6 Å². The predicted octanol–water partition coefficient (Wildman–Crippen LogP) is 4.59. The number of hydrogen-bond donors (Lipinski definition) is 1. The van der Waals surface area contributed by atoms with Gasteiger partial charge in [0.2, 0.25) is 0 Å². The zero-order chi connectivity index (χ0) is 19.6. The molecule has 0 heterocycles. The van der Waals surface area contributed by atoms with Gasteiger partial charge in [-0.05, 0) is 57.0 Å². The van der Waals surface area contributed by atoms with E-state index in [1.807, 2.05) is 27.7 Å². The van der Waals surface area contributed by atoms with E-state index in [1.165, 1.54) is 0 Å². The summed E-state index contributed by atoms with van der Waals surface area (Å²) in [7, 11) is 0. The maximum atomic E-state index is 14.1. The number of carbonyl (C=O) groups is 2. The molecule has 0 fully saturated rings. The van der Waals surface area contributed by atoms with Crippen LogP contribution in [0.25, 0.3) is 11.1 Å². The van der Waals surface area contributed by atoms with Crippen LogP contribution in [0.2, 0.25) is 0 Å². The SMILES string of the molecule is CC(C)N(C(=O)c1ccccc1-c1cc(F)c(C(=O)O)c(F)c1)C(C)C. The van der Waals surface area contributed by atoms with Crippen LogP contribution >= 0.6 is 0 Å². The number of halogens is 2. The van der Waals surface area contributed by atoms with Crippen LogP contribution in [0.1, 0.15) is 48.4 Å². The Morgan fingerprint density at radius 3 is 1.92 bits per heavy atom. The van der Waals surface area contributed by atoms with E-state index in [9.17, 15) is 18.4 Å². The Kier molecular flexibility index (Phi) is 5.75. The van der Waals surface area contributed by atoms with Crippen molar-refractivity contribution in [2.45, 2.75) is 39.8 Å². The lowest BCUT2D eigenvalue weighted by Gasteiger charge is -2.31. The van der Waals surface area contributed by atoms with Gasteiger partial charge in [0.1, 0.15) is 17.2 Å². The fraction of sp³-hybridized carbons (Fsp3) is 0.300. The molecule has 2 rings (SSSR count). The minimum absolute atomic E-state index is 0.0570. The van der Waals surface area contributed by atoms with Crippen LogP contribution in [0.4, 0.5) is 8.78 Å². The molecule has 4 nitrogen and oxygen atoms in total. The summed E-state index contributed by atoms with van der Waals surface area (Å²) < 4.78 is 28.2. The number of aromatic carboxylic acids is 1. The van der Waals surface area contributed by atoms with Crippen LogP contribution < -0.4 is 0 Å². The highest BCUT2D eigenvalue weighted by Gasteiger charge is 2.25. The molecule has 0 atom stereocenters. The number of carboxylic acids is 1. The third kappa shape index (κ3) is 3.74. The average molecular weight is 361 g/mol. The molecule has 0 aromatic heterocycles. The van der Waals surface area contributed by atoms with Crippen molar-refractivity contribution < 1.29 is 23.5 Å². The molecular weight excluding hydrogens is 340 g/mol. The van der Waals surface area contributed by atoms with Gasteiger partial charge in [0, 0.05) is 17.6 Å². The van der Waals surface area contributed by atoms with Gasteiger partial charge in [-0.2, -0.15) is 0 Å². The lowest BCUT2D eigenvalue weighted by atomic mass is 9.96. The first-order valence-electron chi connectivity index (χ1n) is 8.29. The van der Waals surface area contributed by atoms with Crippen molar-refractivity contribution in [1.29, 1.82) is 0 Å². The zero-order valence-electron chi connectivity index (χ0n) is 15.1. The second-order valence-corrected chi connectivity index (χ2v) is 6.57. The predicted molar refractivity (Wildman–Crippen MR) is 95.2 cm³/mol. The number of nitrogens with zero attached hydrogens (tertiary/aromatic N) is 1. The van der Waals surface area contributed by atoms with Crippen LogP contribution in [0, 0.1) is 11.6 Å². The second kappa shape index (κ2) is 7.64. The number of benzene rings is 2. The van der Waals surface area contributed by atoms with Gasteiger partial charge < -0.3 is 10.0 Å². The monoisotopic (exact) mass is 361 g/mol. The van der Waals surface area contributed by atoms with Gasteiger partial charge in [0.25, 0.3) is 5.91 Å². The summed E-state index contributed by atoms with van der Waals surface area (Å²) in [6.07, 6.45) is 0. The van der Waals surface area contributed by atoms with E-state index in [0.29, 0.717) is 11.1 Å². The third-order valence-corrected chi connectivity index (χ3v) is 4.07. The molecule has 6 heteroatoms. The molecule has 1 N–H and O–H groups in total. The van der Waals surface area contributed by atoms with Crippen LogP contribution in [0.5, 0.6) is 0 Å². The van der Waals surface area contributed by atoms with Gasteiger partial charge in [0.05, 0.1) is 0 Å². The molecule has 0 spiro atoms. The summed E-state index contributed by atoms with van der Waals surface area (Å²) in [5.74, 6) is -4.30. The van der Waals surface area contributed by atoms with Crippen molar-refractivity contribution in [2.75, 3.05) is 0 Å². The largest absolute Gasteiger partial charge is 0.477 e. The normalized spacial score (nSPS) is 11.1. The maximum absolute atomic E-state index is 14.1. The van der Waals surface area contributed by atoms with Gasteiger partial charge in [-0.1, -0.05) is 18.2 Å². The lowest BCUT2D eigenvalue weighted by Crippen LogP contribution is -2.42. The molecule has 2 aromatic carbocycles. The van der Waals surface area contributed by atoms with Crippen LogP contribution in [-0.2, 0) is 0 Å². The Bertz CT molecular complexity index is 816. The van der Waals surface area contributed by atoms with Gasteiger partial charge in [0.15, 0.2) is 0 Å². The van der Waals surface area contributed by atoms with Crippen molar-refractivity contribution in [3.63, 3.8) is 0 Å². The van der Waals surface area contributed by atoms with E-state index < -0.39 is 23.2 Å². The Hall–Kier alpha value is -2.76. The summed E-state index contributed by atoms with van der Waals surface area (Å²) in [5, 5.41) is 8.90. The minimum Gasteiger partial charge on any atom is -0.477 e. The topological polar surface area (TPSA) is 57.6 Å². The first-order chi connectivity index (χ1) is 12.1. The second-order valence-electron chi connectivity index (χ2n) is 6.57. The summed E-state index contributed by atoms with van der Waals surface area (Å²) in [6.45, 7) is 7.56. The Morgan fingerprint density at radius 1 is 0.962 bits per heavy atom. The minimum atomic E-state index is -1.68. The number of carbonyl (C=O) groups excluding carboxylic acids is 1. The maximum Gasteiger partial charge on any atom is 0.341 e. The van der Waals surface area contributed by atoms with Crippen molar-refractivity contribution in [2.24, 2.45) is 0 Å². The molecule has 0 saturated heterocycles. The van der Waals surface area contributed by atoms with Gasteiger partial charge >= 0.3 is 5.97 Å². The standard InChI is InChI=1S/C20H21F2NO3/c1-11(2)23(12(3)4)19(24)15-8-6-5-7-14(15)13-9-16(21)18(20(25)26)17(22)10-13/h5-12H,1-4H3,(H,25,26). The smallest absolute Gasteiger partial charge is 0.341 e. The van der Waals surface area contributed by atoms with E-state index in [0.717, 1.165) is 12.1 Å². The van der Waals surface area contributed by atoms with Gasteiger partial charge in [-0.15, -0.1) is 0 Å². The molecule has 0 aliphatic carbocycles. The van der Waals surface area contributed by atoms with Crippen LogP contribution in [-0.4, -0.2) is 34.0 Å². The molecule has 2 aromatic rings. The highest BCUT2D eigenvalue weighted by atomic mass is 19.1. The highest BCUT2D eigenvalue weighted by molar-refractivity contribution is 6.01. The molecule has 0 radical (unpaired) electrons. The molecular formula is C20H21F2NO3. The first kappa shape index (κ1) is 19.6. The van der Waals surface area contributed by atoms with Crippen molar-refractivity contribution in [3.8, 4) is 11.1 Å². The van der Waals surface area contributed by atoms with Crippen molar-refractivity contribution in [1.82, 2.24) is 4.90 Å². The Morgan fingerprint density at radius 2 is 1.46 bits per heavy atom. The molecule has 1 amide bonds. The van der Waals surface area contributed by atoms with Crippen molar-refractivity contribution in [3.05, 3.63) is 59.2 Å².